The Morgan fingerprint density at radius 2 is 2.00 bits per heavy atom. The first-order valence-corrected chi connectivity index (χ1v) is 6.66. The molecular formula is C14H12BrN3O. The summed E-state index contributed by atoms with van der Waals surface area (Å²) in [5.74, 6) is 0.623. The molecule has 0 atom stereocenters. The average Bonchev–Trinajstić information content (AvgIpc) is 2.73. The van der Waals surface area contributed by atoms with Crippen molar-refractivity contribution in [3.63, 3.8) is 0 Å². The molecule has 0 aliphatic heterocycles. The fourth-order valence-electron chi connectivity index (χ4n) is 1.90. The van der Waals surface area contributed by atoms with Crippen molar-refractivity contribution in [2.45, 2.75) is 6.61 Å². The van der Waals surface area contributed by atoms with Crippen LogP contribution in [-0.2, 0) is 13.7 Å². The van der Waals surface area contributed by atoms with Crippen molar-refractivity contribution in [2.24, 2.45) is 7.05 Å². The normalized spacial score (nSPS) is 10.8. The van der Waals surface area contributed by atoms with Crippen LogP contribution >= 0.6 is 15.9 Å². The van der Waals surface area contributed by atoms with E-state index in [9.17, 15) is 0 Å². The van der Waals surface area contributed by atoms with Gasteiger partial charge in [0.05, 0.1) is 0 Å². The quantitative estimate of drug-likeness (QED) is 0.744. The van der Waals surface area contributed by atoms with Crippen LogP contribution in [0.5, 0.6) is 5.88 Å². The molecular weight excluding hydrogens is 306 g/mol. The van der Waals surface area contributed by atoms with E-state index in [-0.39, 0.29) is 0 Å². The van der Waals surface area contributed by atoms with Gasteiger partial charge in [-0.1, -0.05) is 0 Å². The third-order valence-electron chi connectivity index (χ3n) is 2.88. The molecule has 4 nitrogen and oxygen atoms in total. The van der Waals surface area contributed by atoms with Crippen molar-refractivity contribution in [1.82, 2.24) is 14.5 Å². The van der Waals surface area contributed by atoms with Gasteiger partial charge < -0.3 is 9.30 Å². The number of fused-ring (bicyclic) bond motifs is 1. The molecule has 0 spiro atoms. The zero-order chi connectivity index (χ0) is 13.2. The van der Waals surface area contributed by atoms with Gasteiger partial charge in [0.1, 0.15) is 12.3 Å². The Morgan fingerprint density at radius 1 is 1.21 bits per heavy atom. The number of rotatable bonds is 3. The Balaban J connectivity index is 1.84. The number of aryl methyl sites for hydroxylation is 1. The summed E-state index contributed by atoms with van der Waals surface area (Å²) in [7, 11) is 1.97. The van der Waals surface area contributed by atoms with E-state index in [1.165, 1.54) is 0 Å². The molecule has 0 aliphatic rings. The van der Waals surface area contributed by atoms with Crippen LogP contribution < -0.4 is 4.74 Å². The number of aromatic nitrogens is 3. The summed E-state index contributed by atoms with van der Waals surface area (Å²) in [5, 5.41) is 1.08. The summed E-state index contributed by atoms with van der Waals surface area (Å²) in [6, 6.07) is 7.75. The zero-order valence-corrected chi connectivity index (χ0v) is 12.0. The highest BCUT2D eigenvalue weighted by Gasteiger charge is 2.07. The maximum atomic E-state index is 5.70. The molecule has 5 heteroatoms. The van der Waals surface area contributed by atoms with Gasteiger partial charge in [-0.05, 0) is 39.7 Å². The summed E-state index contributed by atoms with van der Waals surface area (Å²) in [6.07, 6.45) is 5.50. The maximum Gasteiger partial charge on any atom is 0.215 e. The van der Waals surface area contributed by atoms with Gasteiger partial charge in [-0.15, -0.1) is 0 Å². The Bertz CT molecular complexity index is 709. The highest BCUT2D eigenvalue weighted by atomic mass is 79.9. The molecule has 3 rings (SSSR count). The molecule has 96 valence electrons. The van der Waals surface area contributed by atoms with Crippen LogP contribution in [0.3, 0.4) is 0 Å². The highest BCUT2D eigenvalue weighted by molar-refractivity contribution is 9.10. The standard InChI is InChI=1S/C14H12BrN3O/c1-18-8-12(15)11-2-3-13(17-14(11)18)19-9-10-4-6-16-7-5-10/h2-8H,9H2,1H3. The van der Waals surface area contributed by atoms with E-state index in [1.807, 2.05) is 42.1 Å². The van der Waals surface area contributed by atoms with Gasteiger partial charge in [0, 0.05) is 41.6 Å². The number of hydrogen-bond donors (Lipinski definition) is 0. The lowest BCUT2D eigenvalue weighted by Gasteiger charge is -2.05. The maximum absolute atomic E-state index is 5.70. The van der Waals surface area contributed by atoms with Crippen molar-refractivity contribution in [3.8, 4) is 5.88 Å². The minimum atomic E-state index is 0.493. The summed E-state index contributed by atoms with van der Waals surface area (Å²) < 4.78 is 8.71. The minimum absolute atomic E-state index is 0.493. The smallest absolute Gasteiger partial charge is 0.215 e. The molecule has 3 aromatic rings. The number of hydrogen-bond acceptors (Lipinski definition) is 3. The molecule has 0 bridgehead atoms. The van der Waals surface area contributed by atoms with Crippen LogP contribution in [0.1, 0.15) is 5.56 Å². The lowest BCUT2D eigenvalue weighted by molar-refractivity contribution is 0.294. The second kappa shape index (κ2) is 5.01. The molecule has 0 saturated carbocycles. The Labute approximate surface area is 119 Å². The monoisotopic (exact) mass is 317 g/mol. The van der Waals surface area contributed by atoms with E-state index < -0.39 is 0 Å². The van der Waals surface area contributed by atoms with Crippen LogP contribution in [0.2, 0.25) is 0 Å². The molecule has 3 heterocycles. The second-order valence-corrected chi connectivity index (χ2v) is 5.11. The van der Waals surface area contributed by atoms with Gasteiger partial charge in [0.2, 0.25) is 5.88 Å². The summed E-state index contributed by atoms with van der Waals surface area (Å²) >= 11 is 3.51. The van der Waals surface area contributed by atoms with Gasteiger partial charge in [-0.25, -0.2) is 0 Å². The van der Waals surface area contributed by atoms with E-state index in [1.54, 1.807) is 12.4 Å². The lowest BCUT2D eigenvalue weighted by atomic mass is 10.3. The SMILES string of the molecule is Cn1cc(Br)c2ccc(OCc3ccncc3)nc21. The predicted octanol–water partition coefficient (Wildman–Crippen LogP) is 3.31. The molecule has 0 radical (unpaired) electrons. The Hall–Kier alpha value is -1.88. The molecule has 3 aromatic heterocycles. The number of halogens is 1. The molecule has 0 aliphatic carbocycles. The van der Waals surface area contributed by atoms with Crippen molar-refractivity contribution in [3.05, 3.63) is 52.9 Å². The van der Waals surface area contributed by atoms with Gasteiger partial charge in [-0.2, -0.15) is 4.98 Å². The van der Waals surface area contributed by atoms with E-state index in [2.05, 4.69) is 25.9 Å². The van der Waals surface area contributed by atoms with Gasteiger partial charge in [0.25, 0.3) is 0 Å². The molecule has 0 unspecified atom stereocenters. The Morgan fingerprint density at radius 3 is 2.79 bits per heavy atom. The van der Waals surface area contributed by atoms with Crippen molar-refractivity contribution in [1.29, 1.82) is 0 Å². The van der Waals surface area contributed by atoms with E-state index in [0.717, 1.165) is 21.1 Å². The number of pyridine rings is 2. The average molecular weight is 318 g/mol. The fourth-order valence-corrected chi connectivity index (χ4v) is 2.52. The van der Waals surface area contributed by atoms with Crippen LogP contribution in [0.15, 0.2) is 47.3 Å². The highest BCUT2D eigenvalue weighted by Crippen LogP contribution is 2.26. The summed E-state index contributed by atoms with van der Waals surface area (Å²) in [5.41, 5.74) is 1.98. The Kier molecular flexibility index (Phi) is 3.21. The minimum Gasteiger partial charge on any atom is -0.473 e. The zero-order valence-electron chi connectivity index (χ0n) is 10.4. The molecule has 19 heavy (non-hydrogen) atoms. The third kappa shape index (κ3) is 2.46. The third-order valence-corrected chi connectivity index (χ3v) is 3.52. The first-order valence-electron chi connectivity index (χ1n) is 5.87. The van der Waals surface area contributed by atoms with Crippen molar-refractivity contribution < 1.29 is 4.74 Å². The summed E-state index contributed by atoms with van der Waals surface area (Å²) in [4.78, 5) is 8.48. The van der Waals surface area contributed by atoms with Gasteiger partial charge in [0.15, 0.2) is 0 Å². The van der Waals surface area contributed by atoms with Gasteiger partial charge >= 0.3 is 0 Å². The fraction of sp³-hybridized carbons (Fsp3) is 0.143. The number of nitrogens with zero attached hydrogens (tertiary/aromatic N) is 3. The predicted molar refractivity (Wildman–Crippen MR) is 77.0 cm³/mol. The van der Waals surface area contributed by atoms with Crippen LogP contribution in [0.25, 0.3) is 11.0 Å². The second-order valence-electron chi connectivity index (χ2n) is 4.25. The van der Waals surface area contributed by atoms with E-state index in [0.29, 0.717) is 12.5 Å². The van der Waals surface area contributed by atoms with Crippen LogP contribution in [0.4, 0.5) is 0 Å². The molecule has 0 aromatic carbocycles. The summed E-state index contributed by atoms with van der Waals surface area (Å²) in [6.45, 7) is 0.493. The largest absolute Gasteiger partial charge is 0.473 e. The first kappa shape index (κ1) is 12.2. The molecule has 0 saturated heterocycles. The first-order chi connectivity index (χ1) is 9.24. The van der Waals surface area contributed by atoms with Crippen LogP contribution in [0, 0.1) is 0 Å². The van der Waals surface area contributed by atoms with Crippen molar-refractivity contribution in [2.75, 3.05) is 0 Å². The molecule has 0 fully saturated rings. The van der Waals surface area contributed by atoms with Crippen LogP contribution in [-0.4, -0.2) is 14.5 Å². The van der Waals surface area contributed by atoms with E-state index >= 15 is 0 Å². The van der Waals surface area contributed by atoms with Crippen molar-refractivity contribution >= 4 is 27.0 Å². The topological polar surface area (TPSA) is 39.9 Å². The lowest BCUT2D eigenvalue weighted by Crippen LogP contribution is -1.98. The van der Waals surface area contributed by atoms with E-state index in [4.69, 9.17) is 4.74 Å². The van der Waals surface area contributed by atoms with Gasteiger partial charge in [-0.3, -0.25) is 4.98 Å². The molecule has 0 amide bonds. The molecule has 0 N–H and O–H groups in total. The number of ether oxygens (including phenoxy) is 1.